The minimum atomic E-state index is -0.166. The van der Waals surface area contributed by atoms with Crippen molar-refractivity contribution in [1.82, 2.24) is 34.9 Å². The maximum atomic E-state index is 12.3. The van der Waals surface area contributed by atoms with E-state index in [-0.39, 0.29) is 24.5 Å². The van der Waals surface area contributed by atoms with E-state index >= 15 is 0 Å². The van der Waals surface area contributed by atoms with E-state index in [1.54, 1.807) is 49.6 Å². The van der Waals surface area contributed by atoms with Gasteiger partial charge in [-0.2, -0.15) is 10.1 Å². The highest BCUT2D eigenvalue weighted by atomic mass is 16.5. The molecule has 0 saturated heterocycles. The summed E-state index contributed by atoms with van der Waals surface area (Å²) in [5, 5.41) is 20.6. The van der Waals surface area contributed by atoms with Crippen LogP contribution in [-0.4, -0.2) is 87.7 Å². The van der Waals surface area contributed by atoms with Crippen LogP contribution in [-0.2, 0) is 13.1 Å². The average Bonchev–Trinajstić information content (AvgIpc) is 3.40. The first-order valence-corrected chi connectivity index (χ1v) is 13.8. The van der Waals surface area contributed by atoms with E-state index in [0.29, 0.717) is 60.1 Å². The number of ether oxygens (including phenoxy) is 2. The lowest BCUT2D eigenvalue weighted by atomic mass is 10.1. The number of nitrogens with two attached hydrogens (primary N) is 1. The zero-order valence-electron chi connectivity index (χ0n) is 24.5. The number of carbonyl (C=O) groups is 1. The summed E-state index contributed by atoms with van der Waals surface area (Å²) in [6, 6.07) is 7.26. The minimum Gasteiger partial charge on any atom is -0.496 e. The van der Waals surface area contributed by atoms with Gasteiger partial charge in [-0.15, -0.1) is 0 Å². The van der Waals surface area contributed by atoms with E-state index < -0.39 is 0 Å². The van der Waals surface area contributed by atoms with E-state index in [1.807, 2.05) is 19.2 Å². The van der Waals surface area contributed by atoms with Crippen molar-refractivity contribution in [3.05, 3.63) is 59.5 Å². The van der Waals surface area contributed by atoms with Crippen LogP contribution in [0.2, 0.25) is 0 Å². The van der Waals surface area contributed by atoms with Crippen molar-refractivity contribution in [3.63, 3.8) is 0 Å². The summed E-state index contributed by atoms with van der Waals surface area (Å²) in [5.74, 6) is 1.78. The molecule has 0 aliphatic rings. The molecule has 13 nitrogen and oxygen atoms in total. The molecule has 0 bridgehead atoms. The van der Waals surface area contributed by atoms with Gasteiger partial charge in [0.05, 0.1) is 50.7 Å². The lowest BCUT2D eigenvalue weighted by Gasteiger charge is -2.20. The third kappa shape index (κ3) is 7.62. The number of benzene rings is 1. The van der Waals surface area contributed by atoms with Crippen molar-refractivity contribution in [2.24, 2.45) is 0 Å². The first-order chi connectivity index (χ1) is 20.3. The number of carbonyl (C=O) groups excluding carboxylic acids is 1. The molecule has 3 aromatic heterocycles. The zero-order valence-corrected chi connectivity index (χ0v) is 24.5. The molecule has 1 amide bonds. The van der Waals surface area contributed by atoms with Gasteiger partial charge in [0.2, 0.25) is 5.95 Å². The number of likely N-dealkylation sites (N-methyl/N-ethyl adjacent to an activating group) is 1. The van der Waals surface area contributed by atoms with Gasteiger partial charge in [0.1, 0.15) is 17.0 Å². The summed E-state index contributed by atoms with van der Waals surface area (Å²) < 4.78 is 13.3. The Bertz CT molecular complexity index is 1450. The van der Waals surface area contributed by atoms with Gasteiger partial charge in [0.25, 0.3) is 5.91 Å². The molecule has 1 aromatic carbocycles. The van der Waals surface area contributed by atoms with Gasteiger partial charge in [0, 0.05) is 32.0 Å². The molecule has 0 unspecified atom stereocenters. The molecule has 0 aliphatic heterocycles. The summed E-state index contributed by atoms with van der Waals surface area (Å²) >= 11 is 0. The Morgan fingerprint density at radius 2 is 1.98 bits per heavy atom. The number of hydrogen-bond acceptors (Lipinski definition) is 11. The molecule has 0 fully saturated rings. The highest BCUT2D eigenvalue weighted by Crippen LogP contribution is 2.32. The Hall–Kier alpha value is -4.49. The number of hydrogen-bond donors (Lipinski definition) is 4. The second kappa shape index (κ2) is 14.4. The molecular formula is C29H39N9O4. The normalized spacial score (nSPS) is 12.0. The van der Waals surface area contributed by atoms with Crippen molar-refractivity contribution in [3.8, 4) is 11.5 Å². The highest BCUT2D eigenvalue weighted by Gasteiger charge is 2.18. The monoisotopic (exact) mass is 577 g/mol. The second-order valence-corrected chi connectivity index (χ2v) is 10.0. The molecule has 5 N–H and O–H groups in total. The number of nitrogens with zero attached hydrogens (tertiary/aromatic N) is 6. The van der Waals surface area contributed by atoms with Crippen molar-refractivity contribution in [2.75, 3.05) is 52.0 Å². The predicted octanol–water partition coefficient (Wildman–Crippen LogP) is 2.30. The van der Waals surface area contributed by atoms with E-state index in [9.17, 15) is 9.90 Å². The van der Waals surface area contributed by atoms with Crippen LogP contribution in [0.15, 0.2) is 42.9 Å². The molecule has 0 spiro atoms. The Kier molecular flexibility index (Phi) is 10.5. The third-order valence-corrected chi connectivity index (χ3v) is 6.77. The van der Waals surface area contributed by atoms with Gasteiger partial charge in [0.15, 0.2) is 11.3 Å². The predicted molar refractivity (Wildman–Crippen MR) is 161 cm³/mol. The molecule has 1 atom stereocenters. The lowest BCUT2D eigenvalue weighted by Crippen LogP contribution is -2.32. The highest BCUT2D eigenvalue weighted by molar-refractivity contribution is 5.93. The molecule has 13 heteroatoms. The zero-order chi connectivity index (χ0) is 30.1. The van der Waals surface area contributed by atoms with E-state index in [4.69, 9.17) is 20.3 Å². The van der Waals surface area contributed by atoms with Gasteiger partial charge < -0.3 is 35.8 Å². The first kappa shape index (κ1) is 30.5. The SMILES string of the molecule is CCC[C@@H](CO)Nc1nc(N)nc2cn(Cc3c(OC)cc(CN(C)CCNC(=O)c4cccnc4)cc3OC)nc12. The summed E-state index contributed by atoms with van der Waals surface area (Å²) in [6.07, 6.45) is 6.66. The van der Waals surface area contributed by atoms with E-state index in [2.05, 4.69) is 37.4 Å². The van der Waals surface area contributed by atoms with E-state index in [0.717, 1.165) is 24.0 Å². The van der Waals surface area contributed by atoms with Crippen LogP contribution in [0.3, 0.4) is 0 Å². The smallest absolute Gasteiger partial charge is 0.252 e. The van der Waals surface area contributed by atoms with Gasteiger partial charge >= 0.3 is 0 Å². The maximum Gasteiger partial charge on any atom is 0.252 e. The standard InChI is InChI=1S/C29H39N9O4/c1-5-7-21(18-39)33-27-26-23(34-29(30)35-27)17-38(36-26)16-22-24(41-3)12-19(13-25(22)42-4)15-37(2)11-10-32-28(40)20-8-6-9-31-14-20/h6,8-9,12-14,17,21,39H,5,7,10-11,15-16,18H2,1-4H3,(H,32,40)(H3,30,33,34,35)/t21-/m0/s1. The van der Waals surface area contributed by atoms with E-state index in [1.165, 1.54) is 0 Å². The van der Waals surface area contributed by atoms with Gasteiger partial charge in [-0.25, -0.2) is 4.98 Å². The van der Waals surface area contributed by atoms with Crippen molar-refractivity contribution >= 4 is 28.7 Å². The number of aromatic nitrogens is 5. The van der Waals surface area contributed by atoms with Gasteiger partial charge in [-0.05, 0) is 43.3 Å². The molecule has 4 rings (SSSR count). The maximum absolute atomic E-state index is 12.3. The number of methoxy groups -OCH3 is 2. The fourth-order valence-corrected chi connectivity index (χ4v) is 4.71. The Morgan fingerprint density at radius 1 is 1.21 bits per heavy atom. The van der Waals surface area contributed by atoms with Crippen LogP contribution in [0.25, 0.3) is 11.0 Å². The topological polar surface area (TPSA) is 166 Å². The fraction of sp³-hybridized carbons (Fsp3) is 0.414. The van der Waals surface area contributed by atoms with Crippen LogP contribution in [0, 0.1) is 0 Å². The Balaban J connectivity index is 1.48. The van der Waals surface area contributed by atoms with Crippen LogP contribution in [0.4, 0.5) is 11.8 Å². The first-order valence-electron chi connectivity index (χ1n) is 13.8. The van der Waals surface area contributed by atoms with Crippen LogP contribution >= 0.6 is 0 Å². The number of nitrogens with one attached hydrogen (secondary N) is 2. The molecule has 0 saturated carbocycles. The molecule has 3 heterocycles. The van der Waals surface area contributed by atoms with Crippen LogP contribution in [0.1, 0.15) is 41.3 Å². The number of aliphatic hydroxyl groups excluding tert-OH is 1. The third-order valence-electron chi connectivity index (χ3n) is 6.77. The number of pyridine rings is 1. The summed E-state index contributed by atoms with van der Waals surface area (Å²) in [4.78, 5) is 27.1. The lowest BCUT2D eigenvalue weighted by molar-refractivity contribution is 0.0949. The number of anilines is 2. The molecule has 0 radical (unpaired) electrons. The molecule has 0 aliphatic carbocycles. The fourth-order valence-electron chi connectivity index (χ4n) is 4.71. The quantitative estimate of drug-likeness (QED) is 0.164. The Labute approximate surface area is 245 Å². The molecular weight excluding hydrogens is 538 g/mol. The number of aliphatic hydroxyl groups is 1. The largest absolute Gasteiger partial charge is 0.496 e. The number of amides is 1. The Morgan fingerprint density at radius 3 is 2.62 bits per heavy atom. The molecule has 42 heavy (non-hydrogen) atoms. The molecule has 4 aromatic rings. The minimum absolute atomic E-state index is 0.0318. The number of nitrogen functional groups attached to an aromatic ring is 1. The second-order valence-electron chi connectivity index (χ2n) is 10.0. The number of fused-ring (bicyclic) bond motifs is 1. The average molecular weight is 578 g/mol. The summed E-state index contributed by atoms with van der Waals surface area (Å²) in [7, 11) is 5.23. The summed E-state index contributed by atoms with van der Waals surface area (Å²) in [6.45, 7) is 4.14. The van der Waals surface area contributed by atoms with Gasteiger partial charge in [-0.3, -0.25) is 14.5 Å². The summed E-state index contributed by atoms with van der Waals surface area (Å²) in [5.41, 5.74) is 9.46. The van der Waals surface area contributed by atoms with Crippen LogP contribution < -0.4 is 25.8 Å². The van der Waals surface area contributed by atoms with Crippen molar-refractivity contribution in [2.45, 2.75) is 38.9 Å². The van der Waals surface area contributed by atoms with Crippen molar-refractivity contribution in [1.29, 1.82) is 0 Å². The number of rotatable bonds is 15. The van der Waals surface area contributed by atoms with Crippen molar-refractivity contribution < 1.29 is 19.4 Å². The molecule has 224 valence electrons. The van der Waals surface area contributed by atoms with Gasteiger partial charge in [-0.1, -0.05) is 13.3 Å². The van der Waals surface area contributed by atoms with Crippen LogP contribution in [0.5, 0.6) is 11.5 Å².